The summed E-state index contributed by atoms with van der Waals surface area (Å²) in [6, 6.07) is 9.57. The summed E-state index contributed by atoms with van der Waals surface area (Å²) in [6.07, 6.45) is 0.236. The molecule has 5 heterocycles. The summed E-state index contributed by atoms with van der Waals surface area (Å²) in [5.74, 6) is 0.234. The van der Waals surface area contributed by atoms with E-state index in [1.54, 1.807) is 12.1 Å². The van der Waals surface area contributed by atoms with Crippen molar-refractivity contribution >= 4 is 11.6 Å². The van der Waals surface area contributed by atoms with Crippen LogP contribution in [0.15, 0.2) is 30.3 Å². The number of aliphatic hydroxyl groups excluding tert-OH is 1. The van der Waals surface area contributed by atoms with Gasteiger partial charge in [0.25, 0.3) is 0 Å². The molecule has 5 atom stereocenters. The number of morpholine rings is 1. The van der Waals surface area contributed by atoms with Crippen molar-refractivity contribution in [2.45, 2.75) is 77.0 Å². The second kappa shape index (κ2) is 13.4. The van der Waals surface area contributed by atoms with E-state index in [-0.39, 0.29) is 29.9 Å². The van der Waals surface area contributed by atoms with Crippen molar-refractivity contribution in [1.82, 2.24) is 25.0 Å². The lowest BCUT2D eigenvalue weighted by atomic mass is 10.0. The zero-order valence-electron chi connectivity index (χ0n) is 26.4. The van der Waals surface area contributed by atoms with E-state index in [0.717, 1.165) is 49.7 Å². The predicted octanol–water partition coefficient (Wildman–Crippen LogP) is 1.87. The molecule has 0 unspecified atom stereocenters. The highest BCUT2D eigenvalue weighted by atomic mass is 19.1. The third-order valence-corrected chi connectivity index (χ3v) is 9.52. The van der Waals surface area contributed by atoms with E-state index in [9.17, 15) is 14.3 Å². The monoisotopic (exact) mass is 610 g/mol. The lowest BCUT2D eigenvalue weighted by Gasteiger charge is -2.46. The molecule has 1 amide bonds. The number of halogens is 1. The number of pyridine rings is 1. The molecular weight excluding hydrogens is 563 g/mol. The number of anilines is 1. The molecule has 3 saturated heterocycles. The van der Waals surface area contributed by atoms with Crippen molar-refractivity contribution in [2.75, 3.05) is 64.0 Å². The minimum atomic E-state index is -0.315. The topological polar surface area (TPSA) is 93.6 Å². The van der Waals surface area contributed by atoms with Gasteiger partial charge in [-0.2, -0.15) is 0 Å². The first kappa shape index (κ1) is 31.3. The second-order valence-electron chi connectivity index (χ2n) is 13.3. The Kier molecular flexibility index (Phi) is 9.51. The minimum Gasteiger partial charge on any atom is -0.474 e. The van der Waals surface area contributed by atoms with Crippen molar-refractivity contribution in [3.63, 3.8) is 0 Å². The number of carbonyl (C=O) groups is 1. The highest BCUT2D eigenvalue weighted by molar-refractivity contribution is 5.97. The summed E-state index contributed by atoms with van der Waals surface area (Å²) in [5.41, 5.74) is 3.47. The van der Waals surface area contributed by atoms with E-state index >= 15 is 0 Å². The Morgan fingerprint density at radius 2 is 1.77 bits per heavy atom. The second-order valence-corrected chi connectivity index (χ2v) is 13.3. The number of rotatable bonds is 8. The van der Waals surface area contributed by atoms with E-state index in [1.807, 2.05) is 17.9 Å². The molecule has 4 aliphatic rings. The van der Waals surface area contributed by atoms with Crippen LogP contribution in [0.1, 0.15) is 44.5 Å². The Hall–Kier alpha value is -2.67. The Labute approximate surface area is 260 Å². The van der Waals surface area contributed by atoms with Crippen molar-refractivity contribution in [3.05, 3.63) is 53.0 Å². The van der Waals surface area contributed by atoms with Crippen LogP contribution in [0.25, 0.3) is 0 Å². The van der Waals surface area contributed by atoms with E-state index in [4.69, 9.17) is 14.5 Å². The van der Waals surface area contributed by atoms with Gasteiger partial charge in [-0.05, 0) is 63.4 Å². The molecule has 44 heavy (non-hydrogen) atoms. The van der Waals surface area contributed by atoms with Gasteiger partial charge in [-0.3, -0.25) is 19.5 Å². The van der Waals surface area contributed by atoms with Crippen LogP contribution in [0.3, 0.4) is 0 Å². The lowest BCUT2D eigenvalue weighted by Crippen LogP contribution is -2.63. The van der Waals surface area contributed by atoms with Crippen LogP contribution in [0.5, 0.6) is 5.88 Å². The van der Waals surface area contributed by atoms with Gasteiger partial charge in [0.05, 0.1) is 37.6 Å². The molecule has 11 heteroatoms. The Morgan fingerprint density at radius 3 is 2.48 bits per heavy atom. The predicted molar refractivity (Wildman–Crippen MR) is 166 cm³/mol. The molecule has 2 aromatic rings. The summed E-state index contributed by atoms with van der Waals surface area (Å²) >= 11 is 0. The first-order valence-corrected chi connectivity index (χ1v) is 16.1. The van der Waals surface area contributed by atoms with Crippen molar-refractivity contribution in [2.24, 2.45) is 0 Å². The van der Waals surface area contributed by atoms with Crippen LogP contribution >= 0.6 is 0 Å². The molecule has 0 saturated carbocycles. The number of β-amino-alcohol motifs (C(OH)–C–C–N with tert-alkyl or cyclic N) is 1. The average molecular weight is 611 g/mol. The van der Waals surface area contributed by atoms with Crippen LogP contribution in [-0.2, 0) is 22.5 Å². The molecule has 0 aliphatic carbocycles. The largest absolute Gasteiger partial charge is 0.474 e. The molecule has 6 rings (SSSR count). The number of likely N-dealkylation sites (tertiary alicyclic amines) is 1. The summed E-state index contributed by atoms with van der Waals surface area (Å²) < 4.78 is 25.6. The third kappa shape index (κ3) is 6.93. The standard InChI is InChI=1S/C33H47FN6O4/c1-21-12-38(28(11-35-21)13-39-22(2)18-43-19-23(39)3)17-32(42)40-24(4)20-44-33-31(40)10-26(9-25-5-7-27(34)8-6-25)30(36-33)16-37-14-29(41)15-37/h5-8,10,21-24,28-29,35,41H,9,11-20H2,1-4H3/t21-,22-,23-,24+,28-/m1/s1. The van der Waals surface area contributed by atoms with Gasteiger partial charge >= 0.3 is 0 Å². The number of nitrogens with one attached hydrogen (secondary N) is 1. The molecule has 0 spiro atoms. The highest BCUT2D eigenvalue weighted by Crippen LogP contribution is 2.36. The first-order valence-electron chi connectivity index (χ1n) is 16.1. The fourth-order valence-electron chi connectivity index (χ4n) is 7.02. The third-order valence-electron chi connectivity index (χ3n) is 9.52. The van der Waals surface area contributed by atoms with Gasteiger partial charge in [0, 0.05) is 63.4 Å². The molecule has 10 nitrogen and oxygen atoms in total. The SMILES string of the molecule is C[C@@H]1CN(CC(=O)N2c3cc(Cc4ccc(F)cc4)c(CN4CC(O)C4)nc3OC[C@@H]2C)[C@@H](CN2[C@H](C)COC[C@H]2C)CN1. The van der Waals surface area contributed by atoms with Crippen molar-refractivity contribution < 1.29 is 23.8 Å². The lowest BCUT2D eigenvalue weighted by molar-refractivity contribution is -0.122. The fraction of sp³-hybridized carbons (Fsp3) is 0.636. The molecule has 1 aromatic carbocycles. The molecule has 1 aromatic heterocycles. The molecule has 2 N–H and O–H groups in total. The molecule has 0 radical (unpaired) electrons. The Balaban J connectivity index is 1.25. The summed E-state index contributed by atoms with van der Waals surface area (Å²) in [7, 11) is 0. The van der Waals surface area contributed by atoms with Crippen molar-refractivity contribution in [1.29, 1.82) is 0 Å². The number of amides is 1. The van der Waals surface area contributed by atoms with Crippen LogP contribution in [0.2, 0.25) is 0 Å². The van der Waals surface area contributed by atoms with E-state index in [1.165, 1.54) is 12.1 Å². The normalized spacial score (nSPS) is 28.8. The van der Waals surface area contributed by atoms with Gasteiger partial charge in [0.1, 0.15) is 18.1 Å². The quantitative estimate of drug-likeness (QED) is 0.465. The highest BCUT2D eigenvalue weighted by Gasteiger charge is 2.37. The van der Waals surface area contributed by atoms with Gasteiger partial charge in [-0.1, -0.05) is 12.1 Å². The number of fused-ring (bicyclic) bond motifs is 1. The maximum atomic E-state index is 14.2. The number of carbonyl (C=O) groups excluding carboxylic acids is 1. The molecule has 3 fully saturated rings. The summed E-state index contributed by atoms with van der Waals surface area (Å²) in [5, 5.41) is 13.5. The van der Waals surface area contributed by atoms with Gasteiger partial charge < -0.3 is 24.8 Å². The van der Waals surface area contributed by atoms with E-state index < -0.39 is 0 Å². The number of hydrogen-bond acceptors (Lipinski definition) is 9. The number of hydrogen-bond donors (Lipinski definition) is 2. The van der Waals surface area contributed by atoms with E-state index in [2.05, 4.69) is 40.8 Å². The van der Waals surface area contributed by atoms with Crippen LogP contribution in [-0.4, -0.2) is 126 Å². The Bertz CT molecular complexity index is 1300. The molecular formula is C33H47FN6O4. The van der Waals surface area contributed by atoms with Gasteiger partial charge in [-0.15, -0.1) is 0 Å². The number of benzene rings is 1. The first-order chi connectivity index (χ1) is 21.1. The van der Waals surface area contributed by atoms with Crippen LogP contribution < -0.4 is 15.0 Å². The number of ether oxygens (including phenoxy) is 2. The van der Waals surface area contributed by atoms with Gasteiger partial charge in [0.2, 0.25) is 11.8 Å². The molecule has 0 bridgehead atoms. The summed E-state index contributed by atoms with van der Waals surface area (Å²) in [6.45, 7) is 15.0. The number of aliphatic hydroxyl groups is 1. The van der Waals surface area contributed by atoms with Gasteiger partial charge in [-0.25, -0.2) is 9.37 Å². The smallest absolute Gasteiger partial charge is 0.241 e. The maximum absolute atomic E-state index is 14.2. The molecule has 4 aliphatic heterocycles. The zero-order valence-corrected chi connectivity index (χ0v) is 26.4. The minimum absolute atomic E-state index is 0.0392. The zero-order chi connectivity index (χ0) is 31.0. The van der Waals surface area contributed by atoms with Crippen LogP contribution in [0.4, 0.5) is 10.1 Å². The van der Waals surface area contributed by atoms with Gasteiger partial charge in [0.15, 0.2) is 0 Å². The number of nitrogens with zero attached hydrogens (tertiary/aromatic N) is 5. The fourth-order valence-corrected chi connectivity index (χ4v) is 7.02. The molecule has 240 valence electrons. The average Bonchev–Trinajstić information content (AvgIpc) is 2.96. The Morgan fingerprint density at radius 1 is 1.05 bits per heavy atom. The number of aromatic nitrogens is 1. The van der Waals surface area contributed by atoms with Crippen LogP contribution in [0, 0.1) is 5.82 Å². The number of piperazine rings is 1. The summed E-state index contributed by atoms with van der Waals surface area (Å²) in [4.78, 5) is 28.1. The maximum Gasteiger partial charge on any atom is 0.241 e. The van der Waals surface area contributed by atoms with E-state index in [0.29, 0.717) is 68.9 Å². The van der Waals surface area contributed by atoms with Crippen molar-refractivity contribution in [3.8, 4) is 5.88 Å².